The zero-order chi connectivity index (χ0) is 13.3. The van der Waals surface area contributed by atoms with Crippen LogP contribution in [0, 0.1) is 17.8 Å². The highest BCUT2D eigenvalue weighted by molar-refractivity contribution is 5.40. The highest BCUT2D eigenvalue weighted by Crippen LogP contribution is 2.14. The first kappa shape index (κ1) is 14.1. The smallest absolute Gasteiger partial charge is 0.0729 e. The molecule has 1 atom stereocenters. The van der Waals surface area contributed by atoms with Crippen molar-refractivity contribution in [1.29, 1.82) is 0 Å². The van der Waals surface area contributed by atoms with Gasteiger partial charge in [-0.2, -0.15) is 0 Å². The van der Waals surface area contributed by atoms with Gasteiger partial charge in [0.15, 0.2) is 0 Å². The number of hydrogen-bond acceptors (Lipinski definition) is 3. The minimum absolute atomic E-state index is 0.105. The van der Waals surface area contributed by atoms with E-state index in [4.69, 9.17) is 14.6 Å². The summed E-state index contributed by atoms with van der Waals surface area (Å²) in [7, 11) is 0. The SMILES string of the molecule is OCCC#Cc1ccccc1COCC1CCOC1. The Morgan fingerprint density at radius 3 is 3.05 bits per heavy atom. The lowest BCUT2D eigenvalue weighted by Gasteiger charge is -2.09. The van der Waals surface area contributed by atoms with E-state index in [0.717, 1.165) is 37.4 Å². The van der Waals surface area contributed by atoms with Gasteiger partial charge >= 0.3 is 0 Å². The average molecular weight is 260 g/mol. The van der Waals surface area contributed by atoms with Crippen molar-refractivity contribution in [3.63, 3.8) is 0 Å². The van der Waals surface area contributed by atoms with E-state index in [-0.39, 0.29) is 6.61 Å². The summed E-state index contributed by atoms with van der Waals surface area (Å²) in [5, 5.41) is 8.74. The van der Waals surface area contributed by atoms with Crippen LogP contribution >= 0.6 is 0 Å². The molecule has 0 amide bonds. The van der Waals surface area contributed by atoms with Crippen LogP contribution in [0.5, 0.6) is 0 Å². The number of benzene rings is 1. The molecule has 1 aliphatic heterocycles. The molecule has 0 spiro atoms. The molecule has 1 heterocycles. The van der Waals surface area contributed by atoms with Gasteiger partial charge in [0.2, 0.25) is 0 Å². The zero-order valence-corrected chi connectivity index (χ0v) is 11.1. The first-order valence-electron chi connectivity index (χ1n) is 6.73. The molecule has 0 radical (unpaired) electrons. The Balaban J connectivity index is 1.86. The van der Waals surface area contributed by atoms with Crippen LogP contribution in [0.2, 0.25) is 0 Å². The maximum absolute atomic E-state index is 8.74. The first-order chi connectivity index (χ1) is 9.40. The zero-order valence-electron chi connectivity index (χ0n) is 11.1. The Morgan fingerprint density at radius 2 is 2.26 bits per heavy atom. The van der Waals surface area contributed by atoms with Gasteiger partial charge in [-0.25, -0.2) is 0 Å². The van der Waals surface area contributed by atoms with Gasteiger partial charge < -0.3 is 14.6 Å². The van der Waals surface area contributed by atoms with Crippen molar-refractivity contribution in [3.05, 3.63) is 35.4 Å². The number of aliphatic hydroxyl groups is 1. The quantitative estimate of drug-likeness (QED) is 0.823. The Hall–Kier alpha value is -1.34. The van der Waals surface area contributed by atoms with Crippen LogP contribution in [-0.4, -0.2) is 31.5 Å². The maximum Gasteiger partial charge on any atom is 0.0729 e. The summed E-state index contributed by atoms with van der Waals surface area (Å²) in [5.41, 5.74) is 2.09. The number of rotatable bonds is 5. The molecule has 19 heavy (non-hydrogen) atoms. The lowest BCUT2D eigenvalue weighted by molar-refractivity contribution is 0.0790. The van der Waals surface area contributed by atoms with Crippen molar-refractivity contribution < 1.29 is 14.6 Å². The molecule has 0 aromatic heterocycles. The molecule has 1 unspecified atom stereocenters. The molecule has 1 saturated heterocycles. The molecule has 0 saturated carbocycles. The second-order valence-electron chi connectivity index (χ2n) is 4.68. The molecule has 1 aromatic carbocycles. The summed E-state index contributed by atoms with van der Waals surface area (Å²) >= 11 is 0. The summed E-state index contributed by atoms with van der Waals surface area (Å²) in [6.07, 6.45) is 1.60. The van der Waals surface area contributed by atoms with Crippen LogP contribution in [0.15, 0.2) is 24.3 Å². The lowest BCUT2D eigenvalue weighted by Crippen LogP contribution is -2.09. The summed E-state index contributed by atoms with van der Waals surface area (Å²) in [5.74, 6) is 6.56. The lowest BCUT2D eigenvalue weighted by atomic mass is 10.1. The van der Waals surface area contributed by atoms with Gasteiger partial charge in [0, 0.05) is 24.5 Å². The van der Waals surface area contributed by atoms with Crippen LogP contribution in [-0.2, 0) is 16.1 Å². The molecule has 0 bridgehead atoms. The standard InChI is InChI=1S/C16H20O3/c17-9-4-3-6-15-5-1-2-7-16(15)13-19-12-14-8-10-18-11-14/h1-2,5,7,14,17H,4,8-13H2. The van der Waals surface area contributed by atoms with Gasteiger partial charge in [-0.3, -0.25) is 0 Å². The van der Waals surface area contributed by atoms with E-state index < -0.39 is 0 Å². The fraction of sp³-hybridized carbons (Fsp3) is 0.500. The van der Waals surface area contributed by atoms with Gasteiger partial charge in [-0.1, -0.05) is 30.0 Å². The summed E-state index contributed by atoms with van der Waals surface area (Å²) in [6, 6.07) is 7.99. The molecule has 1 aliphatic rings. The molecule has 1 N–H and O–H groups in total. The summed E-state index contributed by atoms with van der Waals surface area (Å²) < 4.78 is 11.1. The molecule has 2 rings (SSSR count). The van der Waals surface area contributed by atoms with Crippen molar-refractivity contribution in [3.8, 4) is 11.8 Å². The molecular weight excluding hydrogens is 240 g/mol. The van der Waals surface area contributed by atoms with E-state index >= 15 is 0 Å². The fourth-order valence-electron chi connectivity index (χ4n) is 2.03. The molecule has 1 fully saturated rings. The van der Waals surface area contributed by atoms with Crippen molar-refractivity contribution in [2.75, 3.05) is 26.4 Å². The highest BCUT2D eigenvalue weighted by Gasteiger charge is 2.15. The van der Waals surface area contributed by atoms with Crippen LogP contribution in [0.25, 0.3) is 0 Å². The fourth-order valence-corrected chi connectivity index (χ4v) is 2.03. The molecular formula is C16H20O3. The minimum Gasteiger partial charge on any atom is -0.395 e. The Bertz CT molecular complexity index is 439. The molecule has 3 nitrogen and oxygen atoms in total. The van der Waals surface area contributed by atoms with Crippen LogP contribution in [0.1, 0.15) is 24.0 Å². The molecule has 1 aromatic rings. The number of hydrogen-bond donors (Lipinski definition) is 1. The second-order valence-corrected chi connectivity index (χ2v) is 4.68. The largest absolute Gasteiger partial charge is 0.395 e. The van der Waals surface area contributed by atoms with Crippen LogP contribution in [0.3, 0.4) is 0 Å². The van der Waals surface area contributed by atoms with Crippen molar-refractivity contribution in [2.24, 2.45) is 5.92 Å². The van der Waals surface area contributed by atoms with E-state index in [1.165, 1.54) is 0 Å². The Morgan fingerprint density at radius 1 is 1.37 bits per heavy atom. The molecule has 0 aliphatic carbocycles. The molecule has 102 valence electrons. The molecule has 3 heteroatoms. The third-order valence-corrected chi connectivity index (χ3v) is 3.11. The van der Waals surface area contributed by atoms with Crippen LogP contribution in [0.4, 0.5) is 0 Å². The maximum atomic E-state index is 8.74. The summed E-state index contributed by atoms with van der Waals surface area (Å²) in [4.78, 5) is 0. The first-order valence-corrected chi connectivity index (χ1v) is 6.73. The second kappa shape index (κ2) is 7.96. The number of aliphatic hydroxyl groups excluding tert-OH is 1. The highest BCUT2D eigenvalue weighted by atomic mass is 16.5. The van der Waals surface area contributed by atoms with Gasteiger partial charge in [-0.05, 0) is 18.1 Å². The normalized spacial score (nSPS) is 18.1. The van der Waals surface area contributed by atoms with Gasteiger partial charge in [0.1, 0.15) is 0 Å². The van der Waals surface area contributed by atoms with E-state index in [0.29, 0.717) is 18.9 Å². The predicted octanol–water partition coefficient (Wildman–Crippen LogP) is 1.97. The van der Waals surface area contributed by atoms with Crippen LogP contribution < -0.4 is 0 Å². The van der Waals surface area contributed by atoms with Gasteiger partial charge in [0.25, 0.3) is 0 Å². The van der Waals surface area contributed by atoms with E-state index in [1.54, 1.807) is 0 Å². The van der Waals surface area contributed by atoms with Gasteiger partial charge in [0.05, 0.1) is 26.4 Å². The van der Waals surface area contributed by atoms with Crippen molar-refractivity contribution >= 4 is 0 Å². The third kappa shape index (κ3) is 4.68. The minimum atomic E-state index is 0.105. The Labute approximate surface area is 114 Å². The predicted molar refractivity (Wildman–Crippen MR) is 73.6 cm³/mol. The van der Waals surface area contributed by atoms with Crippen molar-refractivity contribution in [1.82, 2.24) is 0 Å². The Kier molecular flexibility index (Phi) is 5.90. The van der Waals surface area contributed by atoms with E-state index in [2.05, 4.69) is 11.8 Å². The van der Waals surface area contributed by atoms with Crippen molar-refractivity contribution in [2.45, 2.75) is 19.4 Å². The number of ether oxygens (including phenoxy) is 2. The van der Waals surface area contributed by atoms with E-state index in [9.17, 15) is 0 Å². The third-order valence-electron chi connectivity index (χ3n) is 3.11. The topological polar surface area (TPSA) is 38.7 Å². The summed E-state index contributed by atoms with van der Waals surface area (Å²) in [6.45, 7) is 3.11. The monoisotopic (exact) mass is 260 g/mol. The van der Waals surface area contributed by atoms with E-state index in [1.807, 2.05) is 24.3 Å². The average Bonchev–Trinajstić information content (AvgIpc) is 2.94. The van der Waals surface area contributed by atoms with Gasteiger partial charge in [-0.15, -0.1) is 0 Å².